The molecule has 1 aliphatic carbocycles. The van der Waals surface area contributed by atoms with Gasteiger partial charge in [-0.15, -0.1) is 0 Å². The molecule has 1 unspecified atom stereocenters. The molecule has 15 heavy (non-hydrogen) atoms. The van der Waals surface area contributed by atoms with Gasteiger partial charge in [0.05, 0.1) is 5.30 Å². The van der Waals surface area contributed by atoms with Gasteiger partial charge >= 0.3 is 0 Å². The number of benzene rings is 1. The number of hydrogen-bond donors (Lipinski definition) is 0. The average Bonchev–Trinajstić information content (AvgIpc) is 2.30. The van der Waals surface area contributed by atoms with Crippen molar-refractivity contribution in [1.29, 1.82) is 0 Å². The Labute approximate surface area is 89.1 Å². The van der Waals surface area contributed by atoms with Crippen LogP contribution in [0.4, 0.5) is 0 Å². The highest BCUT2D eigenvalue weighted by Gasteiger charge is 2.25. The van der Waals surface area contributed by atoms with Crippen LogP contribution in [-0.2, 0) is 9.09 Å². The lowest BCUT2D eigenvalue weighted by molar-refractivity contribution is 0.443. The van der Waals surface area contributed by atoms with Crippen LogP contribution >= 0.6 is 8.03 Å². The smallest absolute Gasteiger partial charge is 0.266 e. The van der Waals surface area contributed by atoms with E-state index in [1.165, 1.54) is 0 Å². The number of hydrogen-bond acceptors (Lipinski definition) is 2. The summed E-state index contributed by atoms with van der Waals surface area (Å²) in [5.41, 5.74) is 2.19. The minimum atomic E-state index is -2.08. The molecule has 0 radical (unpaired) electrons. The Bertz CT molecular complexity index is 500. The lowest BCUT2D eigenvalue weighted by Crippen LogP contribution is -2.14. The first-order valence-corrected chi connectivity index (χ1v) is 6.40. The Hall–Kier alpha value is -1.27. The summed E-state index contributed by atoms with van der Waals surface area (Å²) in [6, 6.07) is 7.80. The molecule has 3 heteroatoms. The van der Waals surface area contributed by atoms with E-state index in [2.05, 4.69) is 6.08 Å². The molecule has 0 bridgehead atoms. The zero-order valence-electron chi connectivity index (χ0n) is 8.19. The first-order chi connectivity index (χ1) is 7.36. The van der Waals surface area contributed by atoms with Gasteiger partial charge in [-0.05, 0) is 30.5 Å². The Balaban J connectivity index is 2.24. The third-order valence-corrected chi connectivity index (χ3v) is 4.03. The summed E-state index contributed by atoms with van der Waals surface area (Å²) in [4.78, 5) is 0. The van der Waals surface area contributed by atoms with Crippen molar-refractivity contribution < 1.29 is 9.09 Å². The predicted octanol–water partition coefficient (Wildman–Crippen LogP) is 2.88. The zero-order valence-corrected chi connectivity index (χ0v) is 9.19. The number of rotatable bonds is 0. The molecule has 2 nitrogen and oxygen atoms in total. The molecule has 0 fully saturated rings. The van der Waals surface area contributed by atoms with Gasteiger partial charge in [-0.2, -0.15) is 0 Å². The van der Waals surface area contributed by atoms with E-state index in [0.29, 0.717) is 0 Å². The fourth-order valence-electron chi connectivity index (χ4n) is 2.04. The predicted molar refractivity (Wildman–Crippen MR) is 61.5 cm³/mol. The largest absolute Gasteiger partial charge is 0.441 e. The summed E-state index contributed by atoms with van der Waals surface area (Å²) in [5.74, 6) is 0.809. The topological polar surface area (TPSA) is 26.3 Å². The summed E-state index contributed by atoms with van der Waals surface area (Å²) < 4.78 is 17.3. The molecule has 1 atom stereocenters. The van der Waals surface area contributed by atoms with E-state index in [4.69, 9.17) is 4.52 Å². The summed E-state index contributed by atoms with van der Waals surface area (Å²) in [6.45, 7) is 0. The molecule has 1 heterocycles. The molecular formula is C12H11O2P. The Kier molecular flexibility index (Phi) is 2.03. The number of allylic oxidation sites excluding steroid dienone is 3. The van der Waals surface area contributed by atoms with E-state index < -0.39 is 8.03 Å². The second kappa shape index (κ2) is 3.39. The van der Waals surface area contributed by atoms with Gasteiger partial charge in [-0.3, -0.25) is 4.57 Å². The average molecular weight is 218 g/mol. The molecule has 3 rings (SSSR count). The van der Waals surface area contributed by atoms with Crippen molar-refractivity contribution >= 4 is 18.9 Å². The van der Waals surface area contributed by atoms with Gasteiger partial charge in [0.2, 0.25) is 0 Å². The Morgan fingerprint density at radius 1 is 1.13 bits per heavy atom. The van der Waals surface area contributed by atoms with E-state index in [1.807, 2.05) is 30.3 Å². The maximum Gasteiger partial charge on any atom is 0.266 e. The van der Waals surface area contributed by atoms with E-state index in [1.54, 1.807) is 0 Å². The van der Waals surface area contributed by atoms with Gasteiger partial charge in [0, 0.05) is 5.57 Å². The van der Waals surface area contributed by atoms with E-state index in [0.717, 1.165) is 35.0 Å². The quantitative estimate of drug-likeness (QED) is 0.626. The fourth-order valence-corrected chi connectivity index (χ4v) is 3.22. The van der Waals surface area contributed by atoms with Crippen molar-refractivity contribution in [3.8, 4) is 0 Å². The van der Waals surface area contributed by atoms with Crippen LogP contribution in [0.5, 0.6) is 0 Å². The van der Waals surface area contributed by atoms with Crippen molar-refractivity contribution in [3.05, 3.63) is 47.7 Å². The third-order valence-electron chi connectivity index (χ3n) is 2.75. The van der Waals surface area contributed by atoms with Crippen molar-refractivity contribution in [2.45, 2.75) is 12.8 Å². The molecule has 0 spiro atoms. The molecule has 0 saturated carbocycles. The Morgan fingerprint density at radius 2 is 1.93 bits per heavy atom. The summed E-state index contributed by atoms with van der Waals surface area (Å²) in [5, 5.41) is 0.854. The van der Waals surface area contributed by atoms with Gasteiger partial charge in [0.15, 0.2) is 0 Å². The van der Waals surface area contributed by atoms with Crippen LogP contribution in [0.15, 0.2) is 42.2 Å². The van der Waals surface area contributed by atoms with Crippen LogP contribution in [-0.4, -0.2) is 0 Å². The molecule has 1 aromatic rings. The minimum absolute atomic E-state index is 0.809. The molecule has 1 aliphatic heterocycles. The van der Waals surface area contributed by atoms with Crippen LogP contribution in [0.25, 0.3) is 5.57 Å². The maximum atomic E-state index is 11.8. The van der Waals surface area contributed by atoms with Crippen LogP contribution < -0.4 is 5.30 Å². The van der Waals surface area contributed by atoms with Crippen LogP contribution in [0.3, 0.4) is 0 Å². The van der Waals surface area contributed by atoms with Crippen molar-refractivity contribution in [2.75, 3.05) is 0 Å². The van der Waals surface area contributed by atoms with Gasteiger partial charge in [0.25, 0.3) is 8.03 Å². The molecule has 0 saturated heterocycles. The second-order valence-electron chi connectivity index (χ2n) is 3.70. The molecule has 0 N–H and O–H groups in total. The van der Waals surface area contributed by atoms with E-state index in [9.17, 15) is 4.57 Å². The second-order valence-corrected chi connectivity index (χ2v) is 5.02. The van der Waals surface area contributed by atoms with Crippen molar-refractivity contribution in [2.24, 2.45) is 0 Å². The standard InChI is InChI=1S/C12H11O2P/c13-15-12-8-4-2-6-10(12)9-5-1-3-7-11(9)14-15/h2,4-8,15H,1,3H2. The highest BCUT2D eigenvalue weighted by Crippen LogP contribution is 2.42. The van der Waals surface area contributed by atoms with Gasteiger partial charge in [0.1, 0.15) is 5.76 Å². The van der Waals surface area contributed by atoms with Crippen LogP contribution in [0, 0.1) is 0 Å². The van der Waals surface area contributed by atoms with Crippen molar-refractivity contribution in [1.82, 2.24) is 0 Å². The normalized spacial score (nSPS) is 23.1. The monoisotopic (exact) mass is 218 g/mol. The number of fused-ring (bicyclic) bond motifs is 3. The lowest BCUT2D eigenvalue weighted by Gasteiger charge is -2.24. The third kappa shape index (κ3) is 1.37. The molecule has 2 aliphatic rings. The molecule has 0 amide bonds. The highest BCUT2D eigenvalue weighted by molar-refractivity contribution is 7.49. The van der Waals surface area contributed by atoms with Gasteiger partial charge in [-0.25, -0.2) is 0 Å². The summed E-state index contributed by atoms with van der Waals surface area (Å²) in [7, 11) is -2.08. The zero-order chi connectivity index (χ0) is 10.3. The van der Waals surface area contributed by atoms with Crippen LogP contribution in [0.1, 0.15) is 18.4 Å². The van der Waals surface area contributed by atoms with Crippen LogP contribution in [0.2, 0.25) is 0 Å². The summed E-state index contributed by atoms with van der Waals surface area (Å²) in [6.07, 6.45) is 6.23. The molecule has 76 valence electrons. The Morgan fingerprint density at radius 3 is 2.87 bits per heavy atom. The first kappa shape index (κ1) is 8.99. The van der Waals surface area contributed by atoms with E-state index >= 15 is 0 Å². The highest BCUT2D eigenvalue weighted by atomic mass is 31.1. The van der Waals surface area contributed by atoms with Crippen molar-refractivity contribution in [3.63, 3.8) is 0 Å². The molecule has 1 aromatic carbocycles. The summed E-state index contributed by atoms with van der Waals surface area (Å²) >= 11 is 0. The maximum absolute atomic E-state index is 11.8. The lowest BCUT2D eigenvalue weighted by atomic mass is 9.98. The fraction of sp³-hybridized carbons (Fsp3) is 0.167. The minimum Gasteiger partial charge on any atom is -0.441 e. The SMILES string of the molecule is O=[PH]1OC2=CCCC=C2c2ccccc21. The van der Waals surface area contributed by atoms with E-state index in [-0.39, 0.29) is 0 Å². The first-order valence-electron chi connectivity index (χ1n) is 5.08. The molecular weight excluding hydrogens is 207 g/mol. The van der Waals surface area contributed by atoms with Gasteiger partial charge in [-0.1, -0.05) is 24.3 Å². The van der Waals surface area contributed by atoms with Gasteiger partial charge < -0.3 is 4.52 Å². The molecule has 0 aromatic heterocycles.